The first-order valence-electron chi connectivity index (χ1n) is 7.91. The molecule has 2 rings (SSSR count). The van der Waals surface area contributed by atoms with Crippen molar-refractivity contribution in [3.63, 3.8) is 0 Å². The molecule has 1 heterocycles. The van der Waals surface area contributed by atoms with Gasteiger partial charge in [-0.05, 0) is 56.5 Å². The Labute approximate surface area is 142 Å². The highest BCUT2D eigenvalue weighted by Crippen LogP contribution is 2.21. The lowest BCUT2D eigenvalue weighted by molar-refractivity contribution is 0.168. The van der Waals surface area contributed by atoms with E-state index in [0.717, 1.165) is 0 Å². The average molecular weight is 328 g/mol. The molecular weight excluding hydrogens is 304 g/mol. The molecule has 0 atom stereocenters. The first kappa shape index (κ1) is 17.6. The van der Waals surface area contributed by atoms with E-state index < -0.39 is 6.09 Å². The fraction of sp³-hybridized carbons (Fsp3) is 0.333. The van der Waals surface area contributed by atoms with E-state index >= 15 is 0 Å². The van der Waals surface area contributed by atoms with Gasteiger partial charge in [-0.25, -0.2) is 9.78 Å². The number of hydrogen-bond donors (Lipinski definition) is 3. The number of carbonyl (C=O) groups is 1. The Balaban J connectivity index is 2.06. The second-order valence-electron chi connectivity index (χ2n) is 5.71. The molecule has 2 aromatic rings. The lowest BCUT2D eigenvalue weighted by Crippen LogP contribution is -2.15. The number of ether oxygens (including phenoxy) is 1. The summed E-state index contributed by atoms with van der Waals surface area (Å²) < 4.78 is 4.82. The molecule has 0 unspecified atom stereocenters. The van der Waals surface area contributed by atoms with Crippen LogP contribution in [0.25, 0.3) is 0 Å². The van der Waals surface area contributed by atoms with Gasteiger partial charge in [-0.2, -0.15) is 0 Å². The van der Waals surface area contributed by atoms with Crippen molar-refractivity contribution in [2.24, 2.45) is 0 Å². The predicted molar refractivity (Wildman–Crippen MR) is 97.3 cm³/mol. The Bertz CT molecular complexity index is 721. The number of rotatable bonds is 5. The zero-order valence-electron chi connectivity index (χ0n) is 14.6. The van der Waals surface area contributed by atoms with Crippen molar-refractivity contribution in [2.45, 2.75) is 34.2 Å². The van der Waals surface area contributed by atoms with E-state index in [-0.39, 0.29) is 5.82 Å². The van der Waals surface area contributed by atoms with Gasteiger partial charge in [0.1, 0.15) is 11.6 Å². The van der Waals surface area contributed by atoms with Gasteiger partial charge < -0.3 is 15.8 Å². The van der Waals surface area contributed by atoms with Crippen LogP contribution < -0.4 is 16.4 Å². The molecule has 4 N–H and O–H groups in total. The van der Waals surface area contributed by atoms with Crippen molar-refractivity contribution in [3.8, 4) is 0 Å². The number of nitrogen functional groups attached to an aromatic ring is 1. The number of anilines is 3. The second kappa shape index (κ2) is 7.68. The summed E-state index contributed by atoms with van der Waals surface area (Å²) in [7, 11) is 0. The van der Waals surface area contributed by atoms with Crippen molar-refractivity contribution in [3.05, 3.63) is 46.5 Å². The monoisotopic (exact) mass is 328 g/mol. The number of nitrogens with zero attached hydrogens (tertiary/aromatic N) is 1. The van der Waals surface area contributed by atoms with Crippen LogP contribution in [0.2, 0.25) is 0 Å². The summed E-state index contributed by atoms with van der Waals surface area (Å²) in [6.07, 6.45) is -0.544. The molecule has 0 aliphatic carbocycles. The van der Waals surface area contributed by atoms with Crippen LogP contribution in [-0.4, -0.2) is 17.7 Å². The van der Waals surface area contributed by atoms with Gasteiger partial charge in [-0.15, -0.1) is 0 Å². The average Bonchev–Trinajstić information content (AvgIpc) is 2.49. The minimum absolute atomic E-state index is 0.241. The summed E-state index contributed by atoms with van der Waals surface area (Å²) in [6, 6.07) is 7.81. The minimum atomic E-state index is -0.544. The summed E-state index contributed by atoms with van der Waals surface area (Å²) in [6.45, 7) is 9.00. The van der Waals surface area contributed by atoms with Gasteiger partial charge in [-0.1, -0.05) is 17.7 Å². The molecule has 0 aliphatic rings. The molecule has 24 heavy (non-hydrogen) atoms. The number of aromatic nitrogens is 1. The van der Waals surface area contributed by atoms with E-state index in [1.165, 1.54) is 22.3 Å². The lowest BCUT2D eigenvalue weighted by Gasteiger charge is -2.14. The van der Waals surface area contributed by atoms with Gasteiger partial charge in [0, 0.05) is 6.54 Å². The standard InChI is InChI=1S/C18H24N4O2/c1-5-24-18(23)21-15-6-7-16(22-17(15)19)20-10-14-12(3)8-11(2)9-13(14)4/h6-9H,5,10H2,1-4H3,(H,21,23)(H3,19,20,22). The molecule has 1 aromatic carbocycles. The Kier molecular flexibility index (Phi) is 5.63. The topological polar surface area (TPSA) is 89.3 Å². The van der Waals surface area contributed by atoms with E-state index in [9.17, 15) is 4.79 Å². The van der Waals surface area contributed by atoms with Gasteiger partial charge in [0.25, 0.3) is 0 Å². The maximum absolute atomic E-state index is 11.4. The molecule has 0 saturated carbocycles. The van der Waals surface area contributed by atoms with E-state index in [1.54, 1.807) is 19.1 Å². The van der Waals surface area contributed by atoms with Crippen molar-refractivity contribution in [1.82, 2.24) is 4.98 Å². The van der Waals surface area contributed by atoms with Crippen molar-refractivity contribution in [2.75, 3.05) is 23.0 Å². The highest BCUT2D eigenvalue weighted by Gasteiger charge is 2.08. The summed E-state index contributed by atoms with van der Waals surface area (Å²) in [5, 5.41) is 5.83. The van der Waals surface area contributed by atoms with Gasteiger partial charge in [0.15, 0.2) is 0 Å². The normalized spacial score (nSPS) is 10.3. The van der Waals surface area contributed by atoms with Crippen molar-refractivity contribution in [1.29, 1.82) is 0 Å². The fourth-order valence-corrected chi connectivity index (χ4v) is 2.62. The van der Waals surface area contributed by atoms with E-state index in [4.69, 9.17) is 10.5 Å². The number of amides is 1. The van der Waals surface area contributed by atoms with Gasteiger partial charge in [0.2, 0.25) is 0 Å². The first-order valence-corrected chi connectivity index (χ1v) is 7.91. The Hall–Kier alpha value is -2.76. The highest BCUT2D eigenvalue weighted by atomic mass is 16.5. The number of pyridine rings is 1. The van der Waals surface area contributed by atoms with Crippen molar-refractivity contribution >= 4 is 23.4 Å². The SMILES string of the molecule is CCOC(=O)Nc1ccc(NCc2c(C)cc(C)cc2C)nc1N. The van der Waals surface area contributed by atoms with Crippen LogP contribution in [0.5, 0.6) is 0 Å². The molecule has 6 nitrogen and oxygen atoms in total. The largest absolute Gasteiger partial charge is 0.450 e. The molecule has 0 spiro atoms. The zero-order chi connectivity index (χ0) is 17.7. The summed E-state index contributed by atoms with van der Waals surface area (Å²) >= 11 is 0. The molecule has 1 amide bonds. The Morgan fingerprint density at radius 2 is 1.88 bits per heavy atom. The molecular formula is C18H24N4O2. The fourth-order valence-electron chi connectivity index (χ4n) is 2.62. The summed E-state index contributed by atoms with van der Waals surface area (Å²) in [4.78, 5) is 15.7. The minimum Gasteiger partial charge on any atom is -0.450 e. The summed E-state index contributed by atoms with van der Waals surface area (Å²) in [5.41, 5.74) is 11.3. The highest BCUT2D eigenvalue weighted by molar-refractivity contribution is 5.88. The lowest BCUT2D eigenvalue weighted by atomic mass is 10.00. The third-order valence-corrected chi connectivity index (χ3v) is 3.72. The van der Waals surface area contributed by atoms with Crippen LogP contribution in [0.3, 0.4) is 0 Å². The number of benzene rings is 1. The van der Waals surface area contributed by atoms with Crippen LogP contribution in [0.15, 0.2) is 24.3 Å². The molecule has 0 saturated heterocycles. The molecule has 0 fully saturated rings. The van der Waals surface area contributed by atoms with Crippen LogP contribution in [0.1, 0.15) is 29.2 Å². The smallest absolute Gasteiger partial charge is 0.411 e. The van der Waals surface area contributed by atoms with Crippen LogP contribution in [-0.2, 0) is 11.3 Å². The van der Waals surface area contributed by atoms with Gasteiger partial charge in [-0.3, -0.25) is 5.32 Å². The summed E-state index contributed by atoms with van der Waals surface area (Å²) in [5.74, 6) is 0.895. The van der Waals surface area contributed by atoms with Gasteiger partial charge in [0.05, 0.1) is 12.3 Å². The second-order valence-corrected chi connectivity index (χ2v) is 5.71. The van der Waals surface area contributed by atoms with E-state index in [2.05, 4.69) is 48.5 Å². The number of hydrogen-bond acceptors (Lipinski definition) is 5. The van der Waals surface area contributed by atoms with Crippen LogP contribution in [0.4, 0.5) is 22.1 Å². The molecule has 0 radical (unpaired) electrons. The van der Waals surface area contributed by atoms with Crippen molar-refractivity contribution < 1.29 is 9.53 Å². The predicted octanol–water partition coefficient (Wildman–Crippen LogP) is 3.77. The molecule has 1 aromatic heterocycles. The quantitative estimate of drug-likeness (QED) is 0.777. The van der Waals surface area contributed by atoms with E-state index in [0.29, 0.717) is 24.7 Å². The Morgan fingerprint density at radius 1 is 1.21 bits per heavy atom. The van der Waals surface area contributed by atoms with Crippen LogP contribution >= 0.6 is 0 Å². The van der Waals surface area contributed by atoms with Gasteiger partial charge >= 0.3 is 6.09 Å². The molecule has 128 valence electrons. The molecule has 6 heteroatoms. The Morgan fingerprint density at radius 3 is 2.46 bits per heavy atom. The number of nitrogens with one attached hydrogen (secondary N) is 2. The first-order chi connectivity index (χ1) is 11.4. The third-order valence-electron chi connectivity index (χ3n) is 3.72. The third kappa shape index (κ3) is 4.38. The maximum Gasteiger partial charge on any atom is 0.411 e. The maximum atomic E-state index is 11.4. The van der Waals surface area contributed by atoms with Crippen LogP contribution in [0, 0.1) is 20.8 Å². The molecule has 0 bridgehead atoms. The zero-order valence-corrected chi connectivity index (χ0v) is 14.6. The van der Waals surface area contributed by atoms with E-state index in [1.807, 2.05) is 0 Å². The molecule has 0 aliphatic heterocycles. The number of nitrogens with two attached hydrogens (primary N) is 1. The number of carbonyl (C=O) groups excluding carboxylic acids is 1. The number of aryl methyl sites for hydroxylation is 3.